The highest BCUT2D eigenvalue weighted by Gasteiger charge is 2.31. The van der Waals surface area contributed by atoms with Crippen LogP contribution in [-0.2, 0) is 4.79 Å². The van der Waals surface area contributed by atoms with Crippen molar-refractivity contribution in [3.63, 3.8) is 0 Å². The van der Waals surface area contributed by atoms with Crippen molar-refractivity contribution < 1.29 is 9.59 Å². The molecule has 0 aromatic carbocycles. The molecule has 0 heterocycles. The van der Waals surface area contributed by atoms with Crippen molar-refractivity contribution in [3.05, 3.63) is 0 Å². The maximum atomic E-state index is 11.2. The minimum absolute atomic E-state index is 0.150. The summed E-state index contributed by atoms with van der Waals surface area (Å²) in [4.78, 5) is 21.7. The van der Waals surface area contributed by atoms with Gasteiger partial charge in [0.25, 0.3) is 0 Å². The Morgan fingerprint density at radius 2 is 2.06 bits per heavy atom. The van der Waals surface area contributed by atoms with Gasteiger partial charge in [0.05, 0.1) is 6.54 Å². The molecular formula is C11H21N3O2. The number of rotatable bonds is 3. The summed E-state index contributed by atoms with van der Waals surface area (Å²) in [5, 5.41) is 5.24. The molecule has 0 bridgehead atoms. The Hall–Kier alpha value is -1.10. The number of amides is 3. The second kappa shape index (κ2) is 5.30. The van der Waals surface area contributed by atoms with E-state index in [2.05, 4.69) is 19.2 Å². The molecule has 4 N–H and O–H groups in total. The number of urea groups is 1. The van der Waals surface area contributed by atoms with Crippen LogP contribution in [0, 0.1) is 5.41 Å². The Morgan fingerprint density at radius 3 is 2.62 bits per heavy atom. The number of primary amides is 1. The first-order valence-corrected chi connectivity index (χ1v) is 5.74. The van der Waals surface area contributed by atoms with Crippen LogP contribution in [0.25, 0.3) is 0 Å². The third-order valence-corrected chi connectivity index (χ3v) is 3.28. The average Bonchev–Trinajstić information content (AvgIpc) is 2.14. The summed E-state index contributed by atoms with van der Waals surface area (Å²) in [6.07, 6.45) is 4.69. The first-order chi connectivity index (χ1) is 7.42. The first-order valence-electron chi connectivity index (χ1n) is 5.74. The summed E-state index contributed by atoms with van der Waals surface area (Å²) in [7, 11) is 0. The zero-order chi connectivity index (χ0) is 12.2. The zero-order valence-corrected chi connectivity index (χ0v) is 10.0. The summed E-state index contributed by atoms with van der Waals surface area (Å²) in [5.74, 6) is -0.367. The van der Waals surface area contributed by atoms with E-state index in [4.69, 9.17) is 5.73 Å². The second-order valence-electron chi connectivity index (χ2n) is 5.08. The third-order valence-electron chi connectivity index (χ3n) is 3.28. The number of hydrogen-bond donors (Lipinski definition) is 3. The molecule has 1 atom stereocenters. The predicted molar refractivity (Wildman–Crippen MR) is 61.8 cm³/mol. The van der Waals surface area contributed by atoms with Crippen LogP contribution < -0.4 is 16.4 Å². The van der Waals surface area contributed by atoms with Gasteiger partial charge in [-0.25, -0.2) is 4.79 Å². The van der Waals surface area contributed by atoms with E-state index in [-0.39, 0.29) is 17.9 Å². The van der Waals surface area contributed by atoms with E-state index in [1.807, 2.05) is 5.32 Å². The van der Waals surface area contributed by atoms with Crippen molar-refractivity contribution >= 4 is 11.9 Å². The molecule has 1 saturated carbocycles. The maximum absolute atomic E-state index is 11.2. The number of nitrogens with one attached hydrogen (secondary N) is 2. The molecule has 1 fully saturated rings. The summed E-state index contributed by atoms with van der Waals surface area (Å²) in [6, 6.07) is -0.463. The third kappa shape index (κ3) is 3.81. The van der Waals surface area contributed by atoms with Crippen LogP contribution in [0.5, 0.6) is 0 Å². The monoisotopic (exact) mass is 227 g/mol. The van der Waals surface area contributed by atoms with E-state index < -0.39 is 6.03 Å². The summed E-state index contributed by atoms with van der Waals surface area (Å²) in [5.41, 5.74) is 5.07. The van der Waals surface area contributed by atoms with E-state index in [0.29, 0.717) is 6.04 Å². The molecule has 1 aliphatic carbocycles. The highest BCUT2D eigenvalue weighted by atomic mass is 16.2. The highest BCUT2D eigenvalue weighted by Crippen LogP contribution is 2.35. The van der Waals surface area contributed by atoms with Crippen LogP contribution >= 0.6 is 0 Å². The highest BCUT2D eigenvalue weighted by molar-refractivity contribution is 5.94. The Bertz CT molecular complexity index is 276. The molecule has 5 nitrogen and oxygen atoms in total. The van der Waals surface area contributed by atoms with Gasteiger partial charge >= 0.3 is 6.03 Å². The van der Waals surface area contributed by atoms with Gasteiger partial charge < -0.3 is 11.1 Å². The van der Waals surface area contributed by atoms with Crippen molar-refractivity contribution in [1.29, 1.82) is 0 Å². The normalized spacial score (nSPS) is 23.8. The quantitative estimate of drug-likeness (QED) is 0.665. The fourth-order valence-corrected chi connectivity index (χ4v) is 2.27. The maximum Gasteiger partial charge on any atom is 0.318 e. The Labute approximate surface area is 96.1 Å². The Balaban J connectivity index is 2.36. The standard InChI is InChI=1S/C11H21N3O2/c1-11(2)6-4-3-5-8(11)13-7-9(15)14-10(12)16/h8,13H,3-7H2,1-2H3,(H3,12,14,15,16). The van der Waals surface area contributed by atoms with Gasteiger partial charge in [0.1, 0.15) is 0 Å². The fourth-order valence-electron chi connectivity index (χ4n) is 2.27. The number of carbonyl (C=O) groups excluding carboxylic acids is 2. The largest absolute Gasteiger partial charge is 0.351 e. The molecule has 16 heavy (non-hydrogen) atoms. The van der Waals surface area contributed by atoms with Crippen LogP contribution in [0.3, 0.4) is 0 Å². The summed E-state index contributed by atoms with van der Waals surface area (Å²) >= 11 is 0. The van der Waals surface area contributed by atoms with Gasteiger partial charge in [-0.2, -0.15) is 0 Å². The Kier molecular flexibility index (Phi) is 4.29. The van der Waals surface area contributed by atoms with Crippen LogP contribution in [-0.4, -0.2) is 24.5 Å². The number of hydrogen-bond acceptors (Lipinski definition) is 3. The van der Waals surface area contributed by atoms with Crippen molar-refractivity contribution in [2.24, 2.45) is 11.1 Å². The molecular weight excluding hydrogens is 206 g/mol. The lowest BCUT2D eigenvalue weighted by Gasteiger charge is -2.39. The van der Waals surface area contributed by atoms with Crippen LogP contribution in [0.2, 0.25) is 0 Å². The molecule has 3 amide bonds. The molecule has 0 aromatic rings. The van der Waals surface area contributed by atoms with Crippen LogP contribution in [0.1, 0.15) is 39.5 Å². The van der Waals surface area contributed by atoms with Crippen LogP contribution in [0.4, 0.5) is 4.79 Å². The molecule has 0 spiro atoms. The van der Waals surface area contributed by atoms with Gasteiger partial charge in [0, 0.05) is 6.04 Å². The molecule has 0 saturated heterocycles. The first kappa shape index (κ1) is 13.0. The fraction of sp³-hybridized carbons (Fsp3) is 0.818. The smallest absolute Gasteiger partial charge is 0.318 e. The topological polar surface area (TPSA) is 84.2 Å². The minimum atomic E-state index is -0.797. The van der Waals surface area contributed by atoms with E-state index in [9.17, 15) is 9.59 Å². The molecule has 5 heteroatoms. The number of imide groups is 1. The van der Waals surface area contributed by atoms with Gasteiger partial charge in [0.2, 0.25) is 5.91 Å². The molecule has 92 valence electrons. The average molecular weight is 227 g/mol. The van der Waals surface area contributed by atoms with Crippen molar-refractivity contribution in [2.75, 3.05) is 6.54 Å². The SMILES string of the molecule is CC1(C)CCCCC1NCC(=O)NC(N)=O. The number of carbonyl (C=O) groups is 2. The minimum Gasteiger partial charge on any atom is -0.351 e. The van der Waals surface area contributed by atoms with E-state index in [1.54, 1.807) is 0 Å². The Morgan fingerprint density at radius 1 is 1.38 bits per heavy atom. The van der Waals surface area contributed by atoms with E-state index >= 15 is 0 Å². The lowest BCUT2D eigenvalue weighted by atomic mass is 9.73. The lowest BCUT2D eigenvalue weighted by Crippen LogP contribution is -2.49. The molecule has 0 aromatic heterocycles. The molecule has 1 rings (SSSR count). The molecule has 1 unspecified atom stereocenters. The van der Waals surface area contributed by atoms with Crippen molar-refractivity contribution in [3.8, 4) is 0 Å². The molecule has 1 aliphatic rings. The van der Waals surface area contributed by atoms with Gasteiger partial charge in [-0.3, -0.25) is 10.1 Å². The molecule has 0 aliphatic heterocycles. The lowest BCUT2D eigenvalue weighted by molar-refractivity contribution is -0.119. The van der Waals surface area contributed by atoms with Gasteiger partial charge in [-0.15, -0.1) is 0 Å². The van der Waals surface area contributed by atoms with Gasteiger partial charge in [-0.05, 0) is 18.3 Å². The molecule has 0 radical (unpaired) electrons. The van der Waals surface area contributed by atoms with E-state index in [0.717, 1.165) is 6.42 Å². The zero-order valence-electron chi connectivity index (χ0n) is 10.0. The number of nitrogens with two attached hydrogens (primary N) is 1. The predicted octanol–water partition coefficient (Wildman–Crippen LogP) is 0.740. The second-order valence-corrected chi connectivity index (χ2v) is 5.08. The van der Waals surface area contributed by atoms with Crippen molar-refractivity contribution in [1.82, 2.24) is 10.6 Å². The van der Waals surface area contributed by atoms with E-state index in [1.165, 1.54) is 19.3 Å². The summed E-state index contributed by atoms with van der Waals surface area (Å²) in [6.45, 7) is 4.56. The van der Waals surface area contributed by atoms with Gasteiger partial charge in [0.15, 0.2) is 0 Å². The van der Waals surface area contributed by atoms with Crippen molar-refractivity contribution in [2.45, 2.75) is 45.6 Å². The summed E-state index contributed by atoms with van der Waals surface area (Å²) < 4.78 is 0. The van der Waals surface area contributed by atoms with Gasteiger partial charge in [-0.1, -0.05) is 26.7 Å². The van der Waals surface area contributed by atoms with Crippen LogP contribution in [0.15, 0.2) is 0 Å².